The van der Waals surface area contributed by atoms with Crippen LogP contribution in [-0.4, -0.2) is 35.4 Å². The Labute approximate surface area is 152 Å². The van der Waals surface area contributed by atoms with Gasteiger partial charge in [-0.2, -0.15) is 0 Å². The number of fused-ring (bicyclic) bond motifs is 2. The molecule has 134 valence electrons. The van der Waals surface area contributed by atoms with E-state index in [2.05, 4.69) is 12.2 Å². The number of carbonyl (C=O) groups is 1. The molecule has 1 saturated heterocycles. The Morgan fingerprint density at radius 1 is 1.23 bits per heavy atom. The van der Waals surface area contributed by atoms with Crippen LogP contribution in [0.4, 0.5) is 5.69 Å². The van der Waals surface area contributed by atoms with Crippen molar-refractivity contribution < 1.29 is 9.72 Å². The van der Waals surface area contributed by atoms with E-state index < -0.39 is 11.6 Å². The maximum Gasteiger partial charge on any atom is 0.256 e. The van der Waals surface area contributed by atoms with Crippen molar-refractivity contribution in [1.82, 2.24) is 4.90 Å². The molecular formula is C20H21N3O3. The summed E-state index contributed by atoms with van der Waals surface area (Å²) >= 11 is 0. The molecule has 2 aromatic rings. The fraction of sp³-hybridized carbons (Fsp3) is 0.350. The predicted octanol–water partition coefficient (Wildman–Crippen LogP) is 2.77. The van der Waals surface area contributed by atoms with Gasteiger partial charge in [0.25, 0.3) is 11.9 Å². The topological polar surface area (TPSA) is 75.5 Å². The third-order valence-corrected chi connectivity index (χ3v) is 5.86. The average molecular weight is 351 g/mol. The Kier molecular flexibility index (Phi) is 3.80. The highest BCUT2D eigenvalue weighted by atomic mass is 16.6. The normalized spacial score (nSPS) is 27.5. The molecule has 0 aliphatic carbocycles. The summed E-state index contributed by atoms with van der Waals surface area (Å²) in [5.41, 5.74) is 2.19. The van der Waals surface area contributed by atoms with Crippen LogP contribution in [-0.2, 0) is 16.8 Å². The van der Waals surface area contributed by atoms with Crippen LogP contribution in [0.2, 0.25) is 0 Å². The molecule has 0 bridgehead atoms. The third kappa shape index (κ3) is 2.12. The van der Waals surface area contributed by atoms with Crippen molar-refractivity contribution >= 4 is 11.6 Å². The van der Waals surface area contributed by atoms with Gasteiger partial charge in [0, 0.05) is 22.7 Å². The number of likely N-dealkylation sites (tertiary alicyclic amines) is 1. The van der Waals surface area contributed by atoms with Crippen LogP contribution in [0, 0.1) is 10.1 Å². The first kappa shape index (κ1) is 16.7. The summed E-state index contributed by atoms with van der Waals surface area (Å²) < 4.78 is 0. The van der Waals surface area contributed by atoms with E-state index in [9.17, 15) is 14.9 Å². The monoisotopic (exact) mass is 351 g/mol. The Hall–Kier alpha value is -2.73. The lowest BCUT2D eigenvalue weighted by molar-refractivity contribution is -0.534. The van der Waals surface area contributed by atoms with Gasteiger partial charge in [0.05, 0.1) is 5.92 Å². The van der Waals surface area contributed by atoms with E-state index in [4.69, 9.17) is 0 Å². The minimum absolute atomic E-state index is 0.274. The lowest BCUT2D eigenvalue weighted by Gasteiger charge is -2.30. The zero-order chi connectivity index (χ0) is 18.5. The third-order valence-electron chi connectivity index (χ3n) is 5.86. The first-order chi connectivity index (χ1) is 12.5. The summed E-state index contributed by atoms with van der Waals surface area (Å²) in [4.78, 5) is 26.7. The molecule has 2 aliphatic rings. The molecule has 2 aromatic carbocycles. The number of benzene rings is 2. The van der Waals surface area contributed by atoms with E-state index in [0.717, 1.165) is 12.0 Å². The standard InChI is InChI=1S/C20H21N3O3/c1-3-13-8-10-14(11-9-13)15-12-22(2)20(18(15)23(25)26)16-6-4-5-7-17(16)21-19(20)24/h4-11,15,18H,3,12H2,1-2H3,(H,21,24)/t15-,18+,20-/m0/s1. The lowest BCUT2D eigenvalue weighted by atomic mass is 9.79. The molecule has 0 aromatic heterocycles. The minimum atomic E-state index is -1.27. The summed E-state index contributed by atoms with van der Waals surface area (Å²) in [7, 11) is 1.80. The summed E-state index contributed by atoms with van der Waals surface area (Å²) in [5.74, 6) is -0.659. The van der Waals surface area contributed by atoms with Gasteiger partial charge >= 0.3 is 0 Å². The molecule has 2 aliphatic heterocycles. The second-order valence-electron chi connectivity index (χ2n) is 7.08. The number of rotatable bonds is 3. The molecule has 1 spiro atoms. The van der Waals surface area contributed by atoms with Crippen molar-refractivity contribution in [2.75, 3.05) is 18.9 Å². The number of aryl methyl sites for hydroxylation is 1. The molecule has 6 heteroatoms. The van der Waals surface area contributed by atoms with Crippen molar-refractivity contribution in [3.05, 3.63) is 75.3 Å². The van der Waals surface area contributed by atoms with Crippen molar-refractivity contribution in [2.45, 2.75) is 30.8 Å². The number of nitrogens with one attached hydrogen (secondary N) is 1. The zero-order valence-corrected chi connectivity index (χ0v) is 14.8. The Bertz CT molecular complexity index is 880. The Morgan fingerprint density at radius 2 is 1.92 bits per heavy atom. The fourth-order valence-corrected chi connectivity index (χ4v) is 4.58. The highest BCUT2D eigenvalue weighted by Crippen LogP contribution is 2.51. The van der Waals surface area contributed by atoms with Gasteiger partial charge in [-0.3, -0.25) is 19.8 Å². The second kappa shape index (κ2) is 5.92. The van der Waals surface area contributed by atoms with Gasteiger partial charge in [-0.1, -0.05) is 49.4 Å². The number of hydrogen-bond donors (Lipinski definition) is 1. The first-order valence-electron chi connectivity index (χ1n) is 8.84. The van der Waals surface area contributed by atoms with Gasteiger partial charge in [-0.15, -0.1) is 0 Å². The quantitative estimate of drug-likeness (QED) is 0.681. The van der Waals surface area contributed by atoms with E-state index in [-0.39, 0.29) is 16.7 Å². The Balaban J connectivity index is 1.86. The van der Waals surface area contributed by atoms with Crippen molar-refractivity contribution in [3.8, 4) is 0 Å². The van der Waals surface area contributed by atoms with Crippen LogP contribution in [0.25, 0.3) is 0 Å². The van der Waals surface area contributed by atoms with E-state index >= 15 is 0 Å². The average Bonchev–Trinajstić information content (AvgIpc) is 3.11. The van der Waals surface area contributed by atoms with Crippen LogP contribution in [0.15, 0.2) is 48.5 Å². The van der Waals surface area contributed by atoms with E-state index in [1.165, 1.54) is 5.56 Å². The number of amides is 1. The van der Waals surface area contributed by atoms with Gasteiger partial charge in [-0.05, 0) is 30.7 Å². The molecule has 6 nitrogen and oxygen atoms in total. The molecule has 1 fully saturated rings. The molecule has 4 rings (SSSR count). The number of hydrogen-bond acceptors (Lipinski definition) is 4. The van der Waals surface area contributed by atoms with Gasteiger partial charge in [-0.25, -0.2) is 0 Å². The molecule has 2 heterocycles. The zero-order valence-electron chi connectivity index (χ0n) is 14.8. The van der Waals surface area contributed by atoms with Crippen molar-refractivity contribution in [3.63, 3.8) is 0 Å². The van der Waals surface area contributed by atoms with Crippen LogP contribution in [0.5, 0.6) is 0 Å². The lowest BCUT2D eigenvalue weighted by Crippen LogP contribution is -2.54. The smallest absolute Gasteiger partial charge is 0.256 e. The molecule has 1 N–H and O–H groups in total. The maximum absolute atomic E-state index is 13.0. The summed E-state index contributed by atoms with van der Waals surface area (Å²) in [5, 5.41) is 15.0. The number of nitro groups is 1. The SMILES string of the molecule is CCc1ccc([C@@H]2CN(C)[C@]3(C(=O)Nc4ccccc43)[C@@H]2[N+](=O)[O-])cc1. The maximum atomic E-state index is 13.0. The van der Waals surface area contributed by atoms with Gasteiger partial charge < -0.3 is 5.32 Å². The van der Waals surface area contributed by atoms with Crippen LogP contribution in [0.1, 0.15) is 29.5 Å². The number of likely N-dealkylation sites (N-methyl/N-ethyl adjacent to an activating group) is 1. The Morgan fingerprint density at radius 3 is 2.58 bits per heavy atom. The second-order valence-corrected chi connectivity index (χ2v) is 7.08. The highest BCUT2D eigenvalue weighted by Gasteiger charge is 2.68. The fourth-order valence-electron chi connectivity index (χ4n) is 4.58. The number of carbonyl (C=O) groups excluding carboxylic acids is 1. The van der Waals surface area contributed by atoms with E-state index in [1.807, 2.05) is 47.4 Å². The summed E-state index contributed by atoms with van der Waals surface area (Å²) in [6, 6.07) is 14.2. The minimum Gasteiger partial charge on any atom is -0.324 e. The van der Waals surface area contributed by atoms with E-state index in [1.54, 1.807) is 13.1 Å². The molecule has 0 unspecified atom stereocenters. The molecule has 3 atom stereocenters. The van der Waals surface area contributed by atoms with Crippen LogP contribution >= 0.6 is 0 Å². The number of nitrogens with zero attached hydrogens (tertiary/aromatic N) is 2. The van der Waals surface area contributed by atoms with Crippen LogP contribution in [0.3, 0.4) is 0 Å². The molecular weight excluding hydrogens is 330 g/mol. The molecule has 0 saturated carbocycles. The van der Waals surface area contributed by atoms with Crippen molar-refractivity contribution in [1.29, 1.82) is 0 Å². The number of para-hydroxylation sites is 1. The highest BCUT2D eigenvalue weighted by molar-refractivity contribution is 6.06. The molecule has 1 amide bonds. The summed E-state index contributed by atoms with van der Waals surface area (Å²) in [6.07, 6.45) is 0.920. The largest absolute Gasteiger partial charge is 0.324 e. The summed E-state index contributed by atoms with van der Waals surface area (Å²) in [6.45, 7) is 2.53. The van der Waals surface area contributed by atoms with Gasteiger partial charge in [0.15, 0.2) is 5.54 Å². The van der Waals surface area contributed by atoms with Crippen LogP contribution < -0.4 is 5.32 Å². The molecule has 26 heavy (non-hydrogen) atoms. The first-order valence-corrected chi connectivity index (χ1v) is 8.84. The predicted molar refractivity (Wildman–Crippen MR) is 98.7 cm³/mol. The van der Waals surface area contributed by atoms with Gasteiger partial charge in [0.2, 0.25) is 0 Å². The van der Waals surface area contributed by atoms with Crippen molar-refractivity contribution in [2.24, 2.45) is 0 Å². The molecule has 0 radical (unpaired) electrons. The van der Waals surface area contributed by atoms with E-state index in [0.29, 0.717) is 17.8 Å². The van der Waals surface area contributed by atoms with Gasteiger partial charge in [0.1, 0.15) is 0 Å². The number of anilines is 1.